The number of phenolic OH excluding ortho intramolecular Hbond substituents is 3. The highest BCUT2D eigenvalue weighted by molar-refractivity contribution is 5.67. The number of esters is 1. The maximum atomic E-state index is 11.3. The van der Waals surface area contributed by atoms with Crippen LogP contribution in [-0.4, -0.2) is 21.3 Å². The third-order valence-electron chi connectivity index (χ3n) is 5.18. The predicted octanol–water partition coefficient (Wildman–Crippen LogP) is 3.01. The molecule has 1 fully saturated rings. The van der Waals surface area contributed by atoms with Crippen molar-refractivity contribution in [1.82, 2.24) is 0 Å². The second kappa shape index (κ2) is 4.66. The number of fused-ring (bicyclic) bond motifs is 1. The normalized spacial score (nSPS) is 28.5. The molecule has 3 aliphatic carbocycles. The molecule has 22 heavy (non-hydrogen) atoms. The van der Waals surface area contributed by atoms with Gasteiger partial charge in [0.15, 0.2) is 0 Å². The lowest BCUT2D eigenvalue weighted by molar-refractivity contribution is -0.142. The van der Waals surface area contributed by atoms with E-state index in [0.717, 1.165) is 6.42 Å². The molecule has 3 N–H and O–H groups in total. The number of phenols is 3. The quantitative estimate of drug-likeness (QED) is 0.731. The molecule has 3 aliphatic rings. The first-order valence-corrected chi connectivity index (χ1v) is 7.36. The molecule has 0 spiro atoms. The van der Waals surface area contributed by atoms with Gasteiger partial charge in [0.2, 0.25) is 0 Å². The third-order valence-corrected chi connectivity index (χ3v) is 5.18. The zero-order valence-corrected chi connectivity index (χ0v) is 12.8. The van der Waals surface area contributed by atoms with Crippen LogP contribution >= 0.6 is 0 Å². The number of ether oxygens (including phenoxy) is 1. The van der Waals surface area contributed by atoms with E-state index in [2.05, 4.69) is 13.8 Å². The number of aromatic hydroxyl groups is 3. The van der Waals surface area contributed by atoms with Crippen molar-refractivity contribution in [2.45, 2.75) is 33.1 Å². The minimum absolute atomic E-state index is 0.0824. The van der Waals surface area contributed by atoms with Gasteiger partial charge in [0.05, 0.1) is 0 Å². The van der Waals surface area contributed by atoms with E-state index in [9.17, 15) is 20.1 Å². The van der Waals surface area contributed by atoms with Crippen LogP contribution in [0.4, 0.5) is 0 Å². The average Bonchev–Trinajstić information content (AvgIpc) is 2.35. The van der Waals surface area contributed by atoms with Crippen molar-refractivity contribution in [3.63, 3.8) is 0 Å². The summed E-state index contributed by atoms with van der Waals surface area (Å²) in [4.78, 5) is 11.3. The van der Waals surface area contributed by atoms with Crippen LogP contribution < -0.4 is 0 Å². The summed E-state index contributed by atoms with van der Waals surface area (Å²) in [6, 6.07) is 2.43. The summed E-state index contributed by atoms with van der Waals surface area (Å²) in [6.45, 7) is 5.57. The Labute approximate surface area is 128 Å². The molecule has 0 amide bonds. The molecule has 118 valence electrons. The summed E-state index contributed by atoms with van der Waals surface area (Å²) in [5.41, 5.74) is 0.291. The summed E-state index contributed by atoms with van der Waals surface area (Å²) in [5.74, 6) is -0.0945. The van der Waals surface area contributed by atoms with E-state index < -0.39 is 0 Å². The van der Waals surface area contributed by atoms with Crippen LogP contribution in [0.3, 0.4) is 0 Å². The highest BCUT2D eigenvalue weighted by Gasteiger charge is 2.57. The minimum Gasteiger partial charge on any atom is -0.508 e. The number of hydrogen-bond acceptors (Lipinski definition) is 5. The predicted molar refractivity (Wildman–Crippen MR) is 79.4 cm³/mol. The molecular formula is C17H20O5. The van der Waals surface area contributed by atoms with Gasteiger partial charge in [-0.3, -0.25) is 4.79 Å². The van der Waals surface area contributed by atoms with Crippen LogP contribution in [0.2, 0.25) is 0 Å². The summed E-state index contributed by atoms with van der Waals surface area (Å²) >= 11 is 0. The molecule has 5 heteroatoms. The molecular weight excluding hydrogens is 284 g/mol. The van der Waals surface area contributed by atoms with Gasteiger partial charge >= 0.3 is 5.97 Å². The molecule has 0 saturated heterocycles. The highest BCUT2D eigenvalue weighted by Crippen LogP contribution is 2.65. The zero-order valence-electron chi connectivity index (χ0n) is 12.8. The van der Waals surface area contributed by atoms with Crippen molar-refractivity contribution in [3.05, 3.63) is 29.5 Å². The first-order chi connectivity index (χ1) is 10.2. The van der Waals surface area contributed by atoms with Crippen LogP contribution in [0.1, 0.15) is 38.7 Å². The smallest absolute Gasteiger partial charge is 0.307 e. The summed E-state index contributed by atoms with van der Waals surface area (Å²) in [5, 5.41) is 29.7. The van der Waals surface area contributed by atoms with Gasteiger partial charge < -0.3 is 20.1 Å². The maximum absolute atomic E-state index is 11.3. The SMILES string of the molecule is CC(=O)OC1=C[C@@H](c2c(O)cc(O)cc2O)C2CC1C2(C)C. The van der Waals surface area contributed by atoms with Crippen LogP contribution in [0, 0.1) is 17.3 Å². The largest absolute Gasteiger partial charge is 0.508 e. The van der Waals surface area contributed by atoms with Gasteiger partial charge in [-0.05, 0) is 23.8 Å². The monoisotopic (exact) mass is 304 g/mol. The van der Waals surface area contributed by atoms with Crippen molar-refractivity contribution in [1.29, 1.82) is 0 Å². The van der Waals surface area contributed by atoms with Crippen LogP contribution in [0.25, 0.3) is 0 Å². The number of carbonyl (C=O) groups is 1. The molecule has 0 aromatic heterocycles. The van der Waals surface area contributed by atoms with Gasteiger partial charge in [-0.25, -0.2) is 0 Å². The topological polar surface area (TPSA) is 87.0 Å². The lowest BCUT2D eigenvalue weighted by atomic mass is 9.46. The molecule has 2 bridgehead atoms. The molecule has 1 aromatic carbocycles. The van der Waals surface area contributed by atoms with Gasteiger partial charge in [0.25, 0.3) is 0 Å². The van der Waals surface area contributed by atoms with E-state index in [-0.39, 0.29) is 46.4 Å². The fourth-order valence-electron chi connectivity index (χ4n) is 3.97. The van der Waals surface area contributed by atoms with Crippen LogP contribution in [-0.2, 0) is 9.53 Å². The molecule has 0 radical (unpaired) electrons. The molecule has 0 aliphatic heterocycles. The Kier molecular flexibility index (Phi) is 3.13. The van der Waals surface area contributed by atoms with E-state index in [1.807, 2.05) is 6.08 Å². The second-order valence-electron chi connectivity index (χ2n) is 6.80. The summed E-state index contributed by atoms with van der Waals surface area (Å²) in [6.07, 6.45) is 2.66. The number of carbonyl (C=O) groups excluding carboxylic acids is 1. The first-order valence-electron chi connectivity index (χ1n) is 7.36. The van der Waals surface area contributed by atoms with Crippen molar-refractivity contribution in [3.8, 4) is 17.2 Å². The molecule has 5 nitrogen and oxygen atoms in total. The molecule has 3 atom stereocenters. The highest BCUT2D eigenvalue weighted by atomic mass is 16.5. The number of allylic oxidation sites excluding steroid dienone is 2. The van der Waals surface area contributed by atoms with E-state index in [1.165, 1.54) is 19.1 Å². The second-order valence-corrected chi connectivity index (χ2v) is 6.80. The Hall–Kier alpha value is -2.17. The third kappa shape index (κ3) is 2.03. The summed E-state index contributed by atoms with van der Waals surface area (Å²) < 4.78 is 5.34. The Morgan fingerprint density at radius 3 is 2.32 bits per heavy atom. The van der Waals surface area contributed by atoms with Gasteiger partial charge in [-0.1, -0.05) is 13.8 Å². The Morgan fingerprint density at radius 1 is 1.23 bits per heavy atom. The number of rotatable bonds is 2. The van der Waals surface area contributed by atoms with Crippen molar-refractivity contribution >= 4 is 5.97 Å². The fraction of sp³-hybridized carbons (Fsp3) is 0.471. The lowest BCUT2D eigenvalue weighted by Crippen LogP contribution is -2.51. The van der Waals surface area contributed by atoms with Crippen molar-refractivity contribution in [2.75, 3.05) is 0 Å². The Balaban J connectivity index is 2.08. The van der Waals surface area contributed by atoms with E-state index >= 15 is 0 Å². The van der Waals surface area contributed by atoms with E-state index in [0.29, 0.717) is 11.3 Å². The van der Waals surface area contributed by atoms with E-state index in [1.54, 1.807) is 0 Å². The fourth-order valence-corrected chi connectivity index (χ4v) is 3.97. The van der Waals surface area contributed by atoms with Gasteiger partial charge in [0, 0.05) is 36.5 Å². The maximum Gasteiger partial charge on any atom is 0.307 e. The molecule has 1 aromatic rings. The van der Waals surface area contributed by atoms with Gasteiger partial charge in [-0.2, -0.15) is 0 Å². The van der Waals surface area contributed by atoms with Crippen LogP contribution in [0.15, 0.2) is 24.0 Å². The lowest BCUT2D eigenvalue weighted by Gasteiger charge is -2.58. The molecule has 0 heterocycles. The van der Waals surface area contributed by atoms with Crippen molar-refractivity contribution < 1.29 is 24.9 Å². The number of benzene rings is 1. The van der Waals surface area contributed by atoms with E-state index in [4.69, 9.17) is 4.74 Å². The molecule has 2 unspecified atom stereocenters. The van der Waals surface area contributed by atoms with Crippen molar-refractivity contribution in [2.24, 2.45) is 17.3 Å². The summed E-state index contributed by atoms with van der Waals surface area (Å²) in [7, 11) is 0. The van der Waals surface area contributed by atoms with Crippen LogP contribution in [0.5, 0.6) is 17.2 Å². The first kappa shape index (κ1) is 14.8. The Morgan fingerprint density at radius 2 is 1.82 bits per heavy atom. The standard InChI is InChI=1S/C17H20O5/c1-8(18)22-15-6-10(11-7-12(15)17(11,2)3)16-13(20)4-9(19)5-14(16)21/h4-6,10-12,19-21H,7H2,1-3H3/t10-,11?,12?/m1/s1. The zero-order chi connectivity index (χ0) is 16.2. The van der Waals surface area contributed by atoms with Gasteiger partial charge in [-0.15, -0.1) is 0 Å². The number of hydrogen-bond donors (Lipinski definition) is 3. The Bertz CT molecular complexity index is 651. The molecule has 4 rings (SSSR count). The molecule has 1 saturated carbocycles. The van der Waals surface area contributed by atoms with Gasteiger partial charge in [0.1, 0.15) is 23.0 Å². The average molecular weight is 304 g/mol. The minimum atomic E-state index is -0.370.